The number of aryl methyl sites for hydroxylation is 1. The van der Waals surface area contributed by atoms with E-state index in [2.05, 4.69) is 24.0 Å². The maximum absolute atomic E-state index is 11.4. The summed E-state index contributed by atoms with van der Waals surface area (Å²) in [5.41, 5.74) is 2.27. The van der Waals surface area contributed by atoms with Crippen molar-refractivity contribution in [3.63, 3.8) is 0 Å². The van der Waals surface area contributed by atoms with E-state index >= 15 is 0 Å². The normalized spacial score (nSPS) is 13.6. The highest BCUT2D eigenvalue weighted by Crippen LogP contribution is 2.32. The summed E-state index contributed by atoms with van der Waals surface area (Å²) in [6.07, 6.45) is 0.567. The average Bonchev–Trinajstić information content (AvgIpc) is 2.89. The van der Waals surface area contributed by atoms with Crippen LogP contribution in [-0.4, -0.2) is 21.3 Å². The molecule has 118 valence electrons. The lowest BCUT2D eigenvalue weighted by atomic mass is 9.98. The Morgan fingerprint density at radius 1 is 1.36 bits per heavy atom. The molecule has 22 heavy (non-hydrogen) atoms. The van der Waals surface area contributed by atoms with Crippen molar-refractivity contribution in [3.8, 4) is 5.75 Å². The van der Waals surface area contributed by atoms with E-state index < -0.39 is 12.1 Å². The van der Waals surface area contributed by atoms with E-state index in [9.17, 15) is 9.90 Å². The Hall–Kier alpha value is -2.30. The van der Waals surface area contributed by atoms with Gasteiger partial charge >= 0.3 is 5.97 Å². The first-order valence-electron chi connectivity index (χ1n) is 7.49. The molecule has 0 spiro atoms. The molecular formula is C17H22N2O3. The molecule has 0 aliphatic rings. The molecule has 5 nitrogen and oxygen atoms in total. The van der Waals surface area contributed by atoms with Crippen LogP contribution in [0.25, 0.3) is 0 Å². The Morgan fingerprint density at radius 2 is 2.05 bits per heavy atom. The highest BCUT2D eigenvalue weighted by atomic mass is 16.5. The number of aromatic carboxylic acids is 1. The number of carboxylic acid groups (broad SMARTS) is 1. The molecule has 1 aromatic carbocycles. The molecule has 2 N–H and O–H groups in total. The Bertz CT molecular complexity index is 664. The van der Waals surface area contributed by atoms with E-state index in [0.29, 0.717) is 17.3 Å². The SMILES string of the molecule is CCC(C)c1ccccc1OC(C)c1n[nH]c(C)c1C(=O)O. The number of hydrogen-bond acceptors (Lipinski definition) is 3. The van der Waals surface area contributed by atoms with Gasteiger partial charge in [-0.25, -0.2) is 4.79 Å². The van der Waals surface area contributed by atoms with Gasteiger partial charge in [0.05, 0.1) is 0 Å². The number of carboxylic acids is 1. The minimum Gasteiger partial charge on any atom is -0.484 e. The van der Waals surface area contributed by atoms with E-state index in [1.807, 2.05) is 31.2 Å². The van der Waals surface area contributed by atoms with Crippen LogP contribution in [0.3, 0.4) is 0 Å². The second-order valence-corrected chi connectivity index (χ2v) is 5.52. The van der Waals surface area contributed by atoms with E-state index in [4.69, 9.17) is 4.74 Å². The number of nitrogens with zero attached hydrogens (tertiary/aromatic N) is 1. The minimum absolute atomic E-state index is 0.188. The number of rotatable bonds is 6. The van der Waals surface area contributed by atoms with Crippen LogP contribution < -0.4 is 4.74 Å². The zero-order valence-electron chi connectivity index (χ0n) is 13.4. The van der Waals surface area contributed by atoms with Crippen LogP contribution in [0.5, 0.6) is 5.75 Å². The first-order valence-corrected chi connectivity index (χ1v) is 7.49. The highest BCUT2D eigenvalue weighted by Gasteiger charge is 2.23. The second-order valence-electron chi connectivity index (χ2n) is 5.52. The molecule has 2 aromatic rings. The molecule has 0 amide bonds. The van der Waals surface area contributed by atoms with Gasteiger partial charge in [0.25, 0.3) is 0 Å². The van der Waals surface area contributed by atoms with Gasteiger partial charge in [0, 0.05) is 5.69 Å². The molecule has 2 rings (SSSR count). The summed E-state index contributed by atoms with van der Waals surface area (Å²) in [6, 6.07) is 7.87. The number of aromatic amines is 1. The molecule has 1 aromatic heterocycles. The van der Waals surface area contributed by atoms with Crippen LogP contribution >= 0.6 is 0 Å². The van der Waals surface area contributed by atoms with Gasteiger partial charge in [-0.05, 0) is 37.8 Å². The van der Waals surface area contributed by atoms with Gasteiger partial charge in [-0.2, -0.15) is 5.10 Å². The van der Waals surface area contributed by atoms with Gasteiger partial charge in [-0.3, -0.25) is 5.10 Å². The number of benzene rings is 1. The first-order chi connectivity index (χ1) is 10.5. The largest absolute Gasteiger partial charge is 0.484 e. The Kier molecular flexibility index (Phi) is 4.85. The maximum atomic E-state index is 11.4. The van der Waals surface area contributed by atoms with Gasteiger partial charge in [0.15, 0.2) is 0 Å². The topological polar surface area (TPSA) is 75.2 Å². The van der Waals surface area contributed by atoms with Crippen molar-refractivity contribution in [2.24, 2.45) is 0 Å². The van der Waals surface area contributed by atoms with Gasteiger partial charge < -0.3 is 9.84 Å². The van der Waals surface area contributed by atoms with Gasteiger partial charge in [-0.1, -0.05) is 32.0 Å². The highest BCUT2D eigenvalue weighted by molar-refractivity contribution is 5.90. The summed E-state index contributed by atoms with van der Waals surface area (Å²) in [6.45, 7) is 7.79. The fourth-order valence-electron chi connectivity index (χ4n) is 2.47. The fraction of sp³-hybridized carbons (Fsp3) is 0.412. The third-order valence-electron chi connectivity index (χ3n) is 3.94. The Morgan fingerprint density at radius 3 is 2.68 bits per heavy atom. The minimum atomic E-state index is -0.994. The summed E-state index contributed by atoms with van der Waals surface area (Å²) < 4.78 is 6.01. The maximum Gasteiger partial charge on any atom is 0.339 e. The lowest BCUT2D eigenvalue weighted by molar-refractivity contribution is 0.0691. The lowest BCUT2D eigenvalue weighted by Crippen LogP contribution is -2.11. The number of H-pyrrole nitrogens is 1. The predicted octanol–water partition coefficient (Wildman–Crippen LogP) is 4.07. The molecule has 1 heterocycles. The second kappa shape index (κ2) is 6.64. The molecule has 0 aliphatic heterocycles. The molecule has 5 heteroatoms. The van der Waals surface area contributed by atoms with Crippen LogP contribution in [0.15, 0.2) is 24.3 Å². The number of hydrogen-bond donors (Lipinski definition) is 2. The molecule has 0 fully saturated rings. The van der Waals surface area contributed by atoms with E-state index in [1.54, 1.807) is 6.92 Å². The third kappa shape index (κ3) is 3.13. The molecule has 0 saturated carbocycles. The third-order valence-corrected chi connectivity index (χ3v) is 3.94. The van der Waals surface area contributed by atoms with Crippen molar-refractivity contribution in [2.75, 3.05) is 0 Å². The summed E-state index contributed by atoms with van der Waals surface area (Å²) in [7, 11) is 0. The van der Waals surface area contributed by atoms with Crippen molar-refractivity contribution in [2.45, 2.75) is 46.1 Å². The monoisotopic (exact) mass is 302 g/mol. The van der Waals surface area contributed by atoms with Crippen molar-refractivity contribution in [1.82, 2.24) is 10.2 Å². The summed E-state index contributed by atoms with van der Waals surface area (Å²) in [4.78, 5) is 11.4. The Labute approximate surface area is 130 Å². The number of nitrogens with one attached hydrogen (secondary N) is 1. The summed E-state index contributed by atoms with van der Waals surface area (Å²) in [5.74, 6) is 0.163. The zero-order chi connectivity index (χ0) is 16.3. The van der Waals surface area contributed by atoms with Crippen molar-refractivity contribution < 1.29 is 14.6 Å². The van der Waals surface area contributed by atoms with Crippen LogP contribution in [0.1, 0.15) is 66.5 Å². The smallest absolute Gasteiger partial charge is 0.339 e. The first kappa shape index (κ1) is 16.1. The van der Waals surface area contributed by atoms with Gasteiger partial charge in [-0.15, -0.1) is 0 Å². The lowest BCUT2D eigenvalue weighted by Gasteiger charge is -2.19. The van der Waals surface area contributed by atoms with Crippen LogP contribution in [0, 0.1) is 6.92 Å². The van der Waals surface area contributed by atoms with Crippen LogP contribution in [0.4, 0.5) is 0 Å². The summed E-state index contributed by atoms with van der Waals surface area (Å²) in [5, 5.41) is 16.1. The molecule has 0 saturated heterocycles. The molecule has 2 unspecified atom stereocenters. The van der Waals surface area contributed by atoms with Gasteiger partial charge in [0.2, 0.25) is 0 Å². The molecule has 0 bridgehead atoms. The van der Waals surface area contributed by atoms with Crippen LogP contribution in [0.2, 0.25) is 0 Å². The molecule has 0 radical (unpaired) electrons. The number of ether oxygens (including phenoxy) is 1. The van der Waals surface area contributed by atoms with E-state index in [0.717, 1.165) is 17.7 Å². The number of aromatic nitrogens is 2. The fourth-order valence-corrected chi connectivity index (χ4v) is 2.47. The average molecular weight is 302 g/mol. The van der Waals surface area contributed by atoms with Crippen LogP contribution in [-0.2, 0) is 0 Å². The Balaban J connectivity index is 2.30. The number of para-hydroxylation sites is 1. The molecular weight excluding hydrogens is 280 g/mol. The van der Waals surface area contributed by atoms with Gasteiger partial charge in [0.1, 0.15) is 23.1 Å². The molecule has 2 atom stereocenters. The molecule has 0 aliphatic carbocycles. The van der Waals surface area contributed by atoms with Crippen molar-refractivity contribution in [1.29, 1.82) is 0 Å². The number of carbonyl (C=O) groups is 1. The van der Waals surface area contributed by atoms with E-state index in [1.165, 1.54) is 0 Å². The summed E-state index contributed by atoms with van der Waals surface area (Å²) >= 11 is 0. The predicted molar refractivity (Wildman–Crippen MR) is 84.5 cm³/mol. The quantitative estimate of drug-likeness (QED) is 0.843. The van der Waals surface area contributed by atoms with Crippen molar-refractivity contribution >= 4 is 5.97 Å². The zero-order valence-corrected chi connectivity index (χ0v) is 13.4. The van der Waals surface area contributed by atoms with E-state index in [-0.39, 0.29) is 5.56 Å². The van der Waals surface area contributed by atoms with Crippen molar-refractivity contribution in [3.05, 3.63) is 46.8 Å². The standard InChI is InChI=1S/C17H22N2O3/c1-5-10(2)13-8-6-7-9-14(13)22-12(4)16-15(17(20)21)11(3)18-19-16/h6-10,12H,5H2,1-4H3,(H,18,19)(H,20,21).